The summed E-state index contributed by atoms with van der Waals surface area (Å²) >= 11 is 0. The monoisotopic (exact) mass is 328 g/mol. The molecule has 24 heavy (non-hydrogen) atoms. The number of hydrogen-bond acceptors (Lipinski definition) is 5. The van der Waals surface area contributed by atoms with Crippen LogP contribution >= 0.6 is 0 Å². The number of carbonyl (C=O) groups excluding carboxylic acids is 1. The largest absolute Gasteiger partial charge is 0.491 e. The van der Waals surface area contributed by atoms with Gasteiger partial charge < -0.3 is 15.4 Å². The van der Waals surface area contributed by atoms with E-state index in [1.807, 2.05) is 45.0 Å². The summed E-state index contributed by atoms with van der Waals surface area (Å²) in [6.07, 6.45) is 3.79. The summed E-state index contributed by atoms with van der Waals surface area (Å²) in [6, 6.07) is 9.46. The fourth-order valence-electron chi connectivity index (χ4n) is 2.20. The first-order chi connectivity index (χ1) is 11.5. The number of anilines is 1. The second kappa shape index (κ2) is 8.86. The predicted octanol–water partition coefficient (Wildman–Crippen LogP) is 2.94. The topological polar surface area (TPSA) is 76.1 Å². The molecule has 128 valence electrons. The molecule has 0 spiro atoms. The standard InChI is InChI=1S/C18H24N4O2/c1-13(2)24-16-7-4-6-15(12-16)14(3)22-17(23)8-11-21-18-19-9-5-10-20-18/h4-7,9-10,12-14H,8,11H2,1-3H3,(H,22,23)(H,19,20,21). The average molecular weight is 328 g/mol. The Bertz CT molecular complexity index is 646. The highest BCUT2D eigenvalue weighted by Crippen LogP contribution is 2.20. The smallest absolute Gasteiger partial charge is 0.222 e. The molecule has 2 N–H and O–H groups in total. The number of ether oxygens (including phenoxy) is 1. The second-order valence-electron chi connectivity index (χ2n) is 5.78. The highest BCUT2D eigenvalue weighted by Gasteiger charge is 2.10. The fourth-order valence-corrected chi connectivity index (χ4v) is 2.20. The maximum Gasteiger partial charge on any atom is 0.222 e. The van der Waals surface area contributed by atoms with Crippen LogP contribution < -0.4 is 15.4 Å². The minimum absolute atomic E-state index is 0.0267. The quantitative estimate of drug-likeness (QED) is 0.779. The van der Waals surface area contributed by atoms with Gasteiger partial charge in [-0.15, -0.1) is 0 Å². The van der Waals surface area contributed by atoms with Gasteiger partial charge in [0, 0.05) is 25.4 Å². The Labute approximate surface area is 142 Å². The Hall–Kier alpha value is -2.63. The SMILES string of the molecule is CC(C)Oc1cccc(C(C)NC(=O)CCNc2ncccn2)c1. The van der Waals surface area contributed by atoms with Crippen LogP contribution in [0.15, 0.2) is 42.7 Å². The Morgan fingerprint density at radius 3 is 2.62 bits per heavy atom. The van der Waals surface area contributed by atoms with E-state index < -0.39 is 0 Å². The van der Waals surface area contributed by atoms with Gasteiger partial charge in [0.05, 0.1) is 12.1 Å². The molecule has 6 heteroatoms. The molecule has 1 aromatic heterocycles. The third kappa shape index (κ3) is 5.87. The van der Waals surface area contributed by atoms with Crippen molar-refractivity contribution >= 4 is 11.9 Å². The highest BCUT2D eigenvalue weighted by atomic mass is 16.5. The van der Waals surface area contributed by atoms with Crippen LogP contribution in [0.3, 0.4) is 0 Å². The van der Waals surface area contributed by atoms with Gasteiger partial charge in [-0.2, -0.15) is 0 Å². The molecule has 0 aliphatic heterocycles. The zero-order valence-electron chi connectivity index (χ0n) is 14.3. The van der Waals surface area contributed by atoms with Crippen molar-refractivity contribution < 1.29 is 9.53 Å². The number of rotatable bonds is 8. The molecule has 0 aliphatic rings. The molecule has 0 bridgehead atoms. The van der Waals surface area contributed by atoms with E-state index in [4.69, 9.17) is 4.74 Å². The third-order valence-corrected chi connectivity index (χ3v) is 3.31. The van der Waals surface area contributed by atoms with Crippen LogP contribution in [0.25, 0.3) is 0 Å². The van der Waals surface area contributed by atoms with Crippen molar-refractivity contribution in [1.82, 2.24) is 15.3 Å². The van der Waals surface area contributed by atoms with Crippen molar-refractivity contribution in [3.05, 3.63) is 48.3 Å². The van der Waals surface area contributed by atoms with E-state index in [-0.39, 0.29) is 18.1 Å². The number of nitrogens with one attached hydrogen (secondary N) is 2. The van der Waals surface area contributed by atoms with Gasteiger partial charge in [-0.1, -0.05) is 12.1 Å². The summed E-state index contributed by atoms with van der Waals surface area (Å²) in [5.41, 5.74) is 1.01. The van der Waals surface area contributed by atoms with Gasteiger partial charge in [0.1, 0.15) is 5.75 Å². The van der Waals surface area contributed by atoms with E-state index in [1.54, 1.807) is 18.5 Å². The first-order valence-corrected chi connectivity index (χ1v) is 8.11. The number of nitrogens with zero attached hydrogens (tertiary/aromatic N) is 2. The van der Waals surface area contributed by atoms with Gasteiger partial charge >= 0.3 is 0 Å². The van der Waals surface area contributed by atoms with Crippen molar-refractivity contribution in [2.75, 3.05) is 11.9 Å². The van der Waals surface area contributed by atoms with Crippen LogP contribution in [0, 0.1) is 0 Å². The van der Waals surface area contributed by atoms with Crippen molar-refractivity contribution in [3.8, 4) is 5.75 Å². The zero-order chi connectivity index (χ0) is 17.4. The predicted molar refractivity (Wildman–Crippen MR) is 93.9 cm³/mol. The summed E-state index contributed by atoms with van der Waals surface area (Å²) in [7, 11) is 0. The van der Waals surface area contributed by atoms with Gasteiger partial charge in [0.25, 0.3) is 0 Å². The Balaban J connectivity index is 1.80. The lowest BCUT2D eigenvalue weighted by Crippen LogP contribution is -2.28. The van der Waals surface area contributed by atoms with Gasteiger partial charge in [-0.25, -0.2) is 9.97 Å². The van der Waals surface area contributed by atoms with Crippen LogP contribution in [-0.2, 0) is 4.79 Å². The molecule has 1 unspecified atom stereocenters. The van der Waals surface area contributed by atoms with Crippen molar-refractivity contribution in [2.24, 2.45) is 0 Å². The first-order valence-electron chi connectivity index (χ1n) is 8.11. The van der Waals surface area contributed by atoms with Crippen LogP contribution in [0.2, 0.25) is 0 Å². The molecular formula is C18H24N4O2. The van der Waals surface area contributed by atoms with Crippen molar-refractivity contribution in [2.45, 2.75) is 39.3 Å². The Kier molecular flexibility index (Phi) is 6.54. The van der Waals surface area contributed by atoms with E-state index >= 15 is 0 Å². The molecule has 2 rings (SSSR count). The van der Waals surface area contributed by atoms with Gasteiger partial charge in [0.2, 0.25) is 11.9 Å². The maximum atomic E-state index is 12.1. The third-order valence-electron chi connectivity index (χ3n) is 3.31. The van der Waals surface area contributed by atoms with Gasteiger partial charge in [0.15, 0.2) is 0 Å². The van der Waals surface area contributed by atoms with E-state index in [0.717, 1.165) is 11.3 Å². The van der Waals surface area contributed by atoms with Crippen LogP contribution in [0.1, 0.15) is 38.8 Å². The van der Waals surface area contributed by atoms with Crippen LogP contribution in [-0.4, -0.2) is 28.5 Å². The molecule has 6 nitrogen and oxygen atoms in total. The molecule has 0 fully saturated rings. The molecule has 1 amide bonds. The number of benzene rings is 1. The number of amides is 1. The second-order valence-corrected chi connectivity index (χ2v) is 5.78. The number of hydrogen-bond donors (Lipinski definition) is 2. The van der Waals surface area contributed by atoms with Crippen LogP contribution in [0.4, 0.5) is 5.95 Å². The molecule has 0 saturated carbocycles. The molecule has 1 heterocycles. The summed E-state index contributed by atoms with van der Waals surface area (Å²) in [4.78, 5) is 20.2. The molecule has 0 radical (unpaired) electrons. The Morgan fingerprint density at radius 2 is 1.92 bits per heavy atom. The van der Waals surface area contributed by atoms with E-state index in [9.17, 15) is 4.79 Å². The van der Waals surface area contributed by atoms with E-state index in [1.165, 1.54) is 0 Å². The minimum Gasteiger partial charge on any atom is -0.491 e. The summed E-state index contributed by atoms with van der Waals surface area (Å²) in [5, 5.41) is 6.00. The summed E-state index contributed by atoms with van der Waals surface area (Å²) in [6.45, 7) is 6.42. The number of aromatic nitrogens is 2. The minimum atomic E-state index is -0.0822. The Morgan fingerprint density at radius 1 is 1.17 bits per heavy atom. The normalized spacial score (nSPS) is 11.8. The molecular weight excluding hydrogens is 304 g/mol. The molecule has 0 saturated heterocycles. The highest BCUT2D eigenvalue weighted by molar-refractivity contribution is 5.76. The van der Waals surface area contributed by atoms with Crippen molar-refractivity contribution in [1.29, 1.82) is 0 Å². The molecule has 2 aromatic rings. The average Bonchev–Trinajstić information content (AvgIpc) is 2.55. The van der Waals surface area contributed by atoms with Crippen LogP contribution in [0.5, 0.6) is 5.75 Å². The summed E-state index contributed by atoms with van der Waals surface area (Å²) < 4.78 is 5.69. The van der Waals surface area contributed by atoms with Crippen molar-refractivity contribution in [3.63, 3.8) is 0 Å². The lowest BCUT2D eigenvalue weighted by Gasteiger charge is -2.16. The van der Waals surface area contributed by atoms with Gasteiger partial charge in [-0.3, -0.25) is 4.79 Å². The summed E-state index contributed by atoms with van der Waals surface area (Å²) in [5.74, 6) is 1.31. The lowest BCUT2D eigenvalue weighted by atomic mass is 10.1. The van der Waals surface area contributed by atoms with E-state index in [0.29, 0.717) is 18.9 Å². The first kappa shape index (κ1) is 17.7. The van der Waals surface area contributed by atoms with Gasteiger partial charge in [-0.05, 0) is 44.5 Å². The molecule has 1 aromatic carbocycles. The lowest BCUT2D eigenvalue weighted by molar-refractivity contribution is -0.121. The molecule has 0 aliphatic carbocycles. The van der Waals surface area contributed by atoms with E-state index in [2.05, 4.69) is 20.6 Å². The number of carbonyl (C=O) groups is 1. The molecule has 1 atom stereocenters. The fraction of sp³-hybridized carbons (Fsp3) is 0.389. The maximum absolute atomic E-state index is 12.1. The zero-order valence-corrected chi connectivity index (χ0v) is 14.3.